The van der Waals surface area contributed by atoms with Gasteiger partial charge in [0.2, 0.25) is 5.88 Å². The van der Waals surface area contributed by atoms with Gasteiger partial charge in [0.25, 0.3) is 5.88 Å². The molecule has 4 rings (SSSR count). The summed E-state index contributed by atoms with van der Waals surface area (Å²) in [5, 5.41) is 11.6. The molecular weight excluding hydrogens is 380 g/mol. The summed E-state index contributed by atoms with van der Waals surface area (Å²) in [6.45, 7) is 6.15. The highest BCUT2D eigenvalue weighted by Gasteiger charge is 2.17. The Morgan fingerprint density at radius 2 is 1.83 bits per heavy atom. The van der Waals surface area contributed by atoms with Gasteiger partial charge in [-0.1, -0.05) is 13.8 Å². The molecule has 7 heteroatoms. The van der Waals surface area contributed by atoms with E-state index in [1.807, 2.05) is 37.4 Å². The molecule has 4 heterocycles. The predicted octanol–water partition coefficient (Wildman–Crippen LogP) is 4.64. The average molecular weight is 404 g/mol. The Morgan fingerprint density at radius 3 is 2.47 bits per heavy atom. The Kier molecular flexibility index (Phi) is 5.03. The maximum Gasteiger partial charge on any atom is 0.256 e. The minimum atomic E-state index is 0.145. The van der Waals surface area contributed by atoms with Gasteiger partial charge in [0.15, 0.2) is 5.75 Å². The van der Waals surface area contributed by atoms with Crippen molar-refractivity contribution in [3.05, 3.63) is 54.1 Å². The largest absolute Gasteiger partial charge is 0.494 e. The third-order valence-electron chi connectivity index (χ3n) is 5.12. The van der Waals surface area contributed by atoms with Crippen LogP contribution in [-0.2, 0) is 0 Å². The highest BCUT2D eigenvalue weighted by molar-refractivity contribution is 5.90. The van der Waals surface area contributed by atoms with Gasteiger partial charge in [-0.3, -0.25) is 9.55 Å². The van der Waals surface area contributed by atoms with Crippen LogP contribution in [0.25, 0.3) is 27.8 Å². The Hall–Kier alpha value is -3.61. The minimum Gasteiger partial charge on any atom is -0.494 e. The molecule has 0 bridgehead atoms. The molecule has 0 spiro atoms. The van der Waals surface area contributed by atoms with E-state index in [1.54, 1.807) is 31.2 Å². The summed E-state index contributed by atoms with van der Waals surface area (Å²) in [5.74, 6) is 1.44. The van der Waals surface area contributed by atoms with Crippen molar-refractivity contribution in [1.82, 2.24) is 19.5 Å². The van der Waals surface area contributed by atoms with Crippen molar-refractivity contribution in [2.45, 2.75) is 26.7 Å². The van der Waals surface area contributed by atoms with Crippen molar-refractivity contribution in [2.24, 2.45) is 0 Å². The van der Waals surface area contributed by atoms with E-state index in [-0.39, 0.29) is 5.88 Å². The lowest BCUT2D eigenvalue weighted by Crippen LogP contribution is -1.96. The molecule has 0 radical (unpaired) electrons. The smallest absolute Gasteiger partial charge is 0.256 e. The number of aromatic hydroxyl groups is 1. The van der Waals surface area contributed by atoms with E-state index in [2.05, 4.69) is 23.8 Å². The normalized spacial score (nSPS) is 11.3. The van der Waals surface area contributed by atoms with Crippen LogP contribution in [0.1, 0.15) is 31.0 Å². The van der Waals surface area contributed by atoms with Crippen LogP contribution < -0.4 is 9.47 Å². The predicted molar refractivity (Wildman–Crippen MR) is 116 cm³/mol. The van der Waals surface area contributed by atoms with E-state index >= 15 is 0 Å². The summed E-state index contributed by atoms with van der Waals surface area (Å²) in [5.41, 5.74) is 4.92. The topological polar surface area (TPSA) is 82.3 Å². The van der Waals surface area contributed by atoms with Gasteiger partial charge in [0.05, 0.1) is 42.7 Å². The van der Waals surface area contributed by atoms with Gasteiger partial charge in [0, 0.05) is 23.7 Å². The highest BCUT2D eigenvalue weighted by atomic mass is 16.5. The highest BCUT2D eigenvalue weighted by Crippen LogP contribution is 2.35. The molecule has 30 heavy (non-hydrogen) atoms. The molecule has 0 unspecified atom stereocenters. The standard InChI is InChI=1S/C23H24N4O3/c1-13(2)17-7-6-16(11-24-17)27-12-19-21(23(27)28)14(3)8-18(26-19)15-9-20(29-4)22(30-5)25-10-15/h6-13,28H,1-5H3. The summed E-state index contributed by atoms with van der Waals surface area (Å²) < 4.78 is 12.3. The SMILES string of the molecule is COc1cc(-c2cc(C)c3c(O)n(-c4ccc(C(C)C)nc4)cc3n2)cnc1OC. The first-order chi connectivity index (χ1) is 14.4. The third kappa shape index (κ3) is 3.32. The molecular formula is C23H24N4O3. The zero-order valence-electron chi connectivity index (χ0n) is 17.7. The second kappa shape index (κ2) is 7.67. The minimum absolute atomic E-state index is 0.145. The number of pyridine rings is 3. The van der Waals surface area contributed by atoms with E-state index in [1.165, 1.54) is 0 Å². The number of aryl methyl sites for hydroxylation is 1. The van der Waals surface area contributed by atoms with Crippen molar-refractivity contribution in [1.29, 1.82) is 0 Å². The first-order valence-electron chi connectivity index (χ1n) is 9.69. The zero-order valence-corrected chi connectivity index (χ0v) is 17.7. The molecule has 0 aliphatic carbocycles. The van der Waals surface area contributed by atoms with Crippen molar-refractivity contribution in [3.8, 4) is 34.5 Å². The van der Waals surface area contributed by atoms with Crippen LogP contribution in [0, 0.1) is 6.92 Å². The number of aromatic nitrogens is 4. The number of hydrogen-bond donors (Lipinski definition) is 1. The fourth-order valence-corrected chi connectivity index (χ4v) is 3.48. The lowest BCUT2D eigenvalue weighted by atomic mass is 10.1. The number of ether oxygens (including phenoxy) is 2. The van der Waals surface area contributed by atoms with Crippen LogP contribution >= 0.6 is 0 Å². The molecule has 154 valence electrons. The van der Waals surface area contributed by atoms with Gasteiger partial charge in [-0.05, 0) is 42.7 Å². The van der Waals surface area contributed by atoms with E-state index in [9.17, 15) is 5.11 Å². The van der Waals surface area contributed by atoms with Gasteiger partial charge in [-0.15, -0.1) is 0 Å². The van der Waals surface area contributed by atoms with Gasteiger partial charge < -0.3 is 14.6 Å². The summed E-state index contributed by atoms with van der Waals surface area (Å²) in [6.07, 6.45) is 5.28. The molecule has 0 amide bonds. The van der Waals surface area contributed by atoms with Crippen molar-refractivity contribution in [3.63, 3.8) is 0 Å². The summed E-state index contributed by atoms with van der Waals surface area (Å²) in [4.78, 5) is 13.6. The molecule has 0 saturated carbocycles. The second-order valence-corrected chi connectivity index (χ2v) is 7.44. The molecule has 1 N–H and O–H groups in total. The Morgan fingerprint density at radius 1 is 1.03 bits per heavy atom. The molecule has 0 atom stereocenters. The van der Waals surface area contributed by atoms with E-state index in [0.29, 0.717) is 28.5 Å². The Labute approximate surface area is 175 Å². The maximum atomic E-state index is 10.9. The first kappa shape index (κ1) is 19.7. The molecule has 0 saturated heterocycles. The van der Waals surface area contributed by atoms with Crippen molar-refractivity contribution in [2.75, 3.05) is 14.2 Å². The van der Waals surface area contributed by atoms with Crippen molar-refractivity contribution < 1.29 is 14.6 Å². The Balaban J connectivity index is 1.81. The Bertz CT molecular complexity index is 1210. The first-order valence-corrected chi connectivity index (χ1v) is 9.69. The van der Waals surface area contributed by atoms with Gasteiger partial charge in [-0.2, -0.15) is 0 Å². The van der Waals surface area contributed by atoms with Gasteiger partial charge >= 0.3 is 0 Å². The molecule has 0 aliphatic rings. The number of nitrogens with zero attached hydrogens (tertiary/aromatic N) is 4. The number of methoxy groups -OCH3 is 2. The number of hydrogen-bond acceptors (Lipinski definition) is 6. The monoisotopic (exact) mass is 404 g/mol. The molecule has 0 aromatic carbocycles. The zero-order chi connectivity index (χ0) is 21.4. The molecule has 0 aliphatic heterocycles. The second-order valence-electron chi connectivity index (χ2n) is 7.44. The lowest BCUT2D eigenvalue weighted by molar-refractivity contribution is 0.343. The van der Waals surface area contributed by atoms with E-state index < -0.39 is 0 Å². The van der Waals surface area contributed by atoms with Crippen LogP contribution in [0.2, 0.25) is 0 Å². The summed E-state index contributed by atoms with van der Waals surface area (Å²) >= 11 is 0. The maximum absolute atomic E-state index is 10.9. The third-order valence-corrected chi connectivity index (χ3v) is 5.12. The summed E-state index contributed by atoms with van der Waals surface area (Å²) in [6, 6.07) is 7.70. The quantitative estimate of drug-likeness (QED) is 0.522. The van der Waals surface area contributed by atoms with Crippen LogP contribution in [-0.4, -0.2) is 38.8 Å². The van der Waals surface area contributed by atoms with E-state index in [0.717, 1.165) is 28.2 Å². The number of rotatable bonds is 5. The van der Waals surface area contributed by atoms with Crippen LogP contribution in [0.5, 0.6) is 17.5 Å². The summed E-state index contributed by atoms with van der Waals surface area (Å²) in [7, 11) is 3.12. The average Bonchev–Trinajstić information content (AvgIpc) is 3.10. The van der Waals surface area contributed by atoms with Crippen LogP contribution in [0.15, 0.2) is 42.9 Å². The fraction of sp³-hybridized carbons (Fsp3) is 0.261. The van der Waals surface area contributed by atoms with Crippen LogP contribution in [0.3, 0.4) is 0 Å². The molecule has 4 aromatic rings. The fourth-order valence-electron chi connectivity index (χ4n) is 3.48. The molecule has 4 aromatic heterocycles. The molecule has 7 nitrogen and oxygen atoms in total. The van der Waals surface area contributed by atoms with Gasteiger partial charge in [0.1, 0.15) is 0 Å². The van der Waals surface area contributed by atoms with Crippen molar-refractivity contribution >= 4 is 10.9 Å². The lowest BCUT2D eigenvalue weighted by Gasteiger charge is -2.09. The van der Waals surface area contributed by atoms with E-state index in [4.69, 9.17) is 14.5 Å². The van der Waals surface area contributed by atoms with Gasteiger partial charge in [-0.25, -0.2) is 9.97 Å². The van der Waals surface area contributed by atoms with Crippen LogP contribution in [0.4, 0.5) is 0 Å². The number of fused-ring (bicyclic) bond motifs is 1. The molecule has 0 fully saturated rings.